The molecule has 0 unspecified atom stereocenters. The number of benzene rings is 1. The summed E-state index contributed by atoms with van der Waals surface area (Å²) in [5.41, 5.74) is 7.43. The van der Waals surface area contributed by atoms with Crippen LogP contribution in [0.25, 0.3) is 10.2 Å². The number of aromatic nitrogens is 1. The number of anilines is 1. The molecule has 0 fully saturated rings. The minimum atomic E-state index is -0.588. The fourth-order valence-corrected chi connectivity index (χ4v) is 4.09. The molecule has 1 aromatic carbocycles. The Hall–Kier alpha value is -2.78. The van der Waals surface area contributed by atoms with Crippen LogP contribution < -0.4 is 15.8 Å². The number of aryl methyl sites for hydroxylation is 1. The average Bonchev–Trinajstić information content (AvgIpc) is 3.02. The second kappa shape index (κ2) is 9.36. The van der Waals surface area contributed by atoms with E-state index in [9.17, 15) is 13.6 Å². The minimum Gasteiger partial charge on any atom is -0.478 e. The van der Waals surface area contributed by atoms with Crippen molar-refractivity contribution in [3.05, 3.63) is 51.9 Å². The third kappa shape index (κ3) is 5.03. The molecule has 6 nitrogen and oxygen atoms in total. The second-order valence-electron chi connectivity index (χ2n) is 7.23. The van der Waals surface area contributed by atoms with Crippen LogP contribution in [0.15, 0.2) is 24.3 Å². The lowest BCUT2D eigenvalue weighted by Gasteiger charge is -2.10. The summed E-state index contributed by atoms with van der Waals surface area (Å²) in [4.78, 5) is 20.0. The average molecular weight is 435 g/mol. The van der Waals surface area contributed by atoms with E-state index < -0.39 is 17.5 Å². The summed E-state index contributed by atoms with van der Waals surface area (Å²) in [6.07, 6.45) is 0.864. The van der Waals surface area contributed by atoms with Crippen molar-refractivity contribution in [1.82, 2.24) is 15.2 Å². The number of amides is 1. The number of hydrogen-bond acceptors (Lipinski definition) is 6. The van der Waals surface area contributed by atoms with E-state index in [1.165, 1.54) is 0 Å². The molecule has 2 aromatic heterocycles. The monoisotopic (exact) mass is 434 g/mol. The van der Waals surface area contributed by atoms with E-state index in [0.717, 1.165) is 48.1 Å². The molecular formula is C21H24F2N4O2S. The van der Waals surface area contributed by atoms with Gasteiger partial charge in [0.2, 0.25) is 5.88 Å². The number of fused-ring (bicyclic) bond motifs is 1. The molecule has 9 heteroatoms. The summed E-state index contributed by atoms with van der Waals surface area (Å²) in [5, 5.41) is 3.29. The number of rotatable bonds is 8. The van der Waals surface area contributed by atoms with Crippen molar-refractivity contribution >= 4 is 33.1 Å². The first-order chi connectivity index (χ1) is 14.3. The van der Waals surface area contributed by atoms with Gasteiger partial charge in [-0.1, -0.05) is 0 Å². The van der Waals surface area contributed by atoms with Gasteiger partial charge in [0.25, 0.3) is 5.91 Å². The highest BCUT2D eigenvalue weighted by atomic mass is 32.1. The van der Waals surface area contributed by atoms with E-state index in [1.54, 1.807) is 6.07 Å². The van der Waals surface area contributed by atoms with Crippen molar-refractivity contribution in [2.75, 3.05) is 33.0 Å². The zero-order valence-electron chi connectivity index (χ0n) is 17.1. The lowest BCUT2D eigenvalue weighted by atomic mass is 10.1. The number of nitrogens with zero attached hydrogens (tertiary/aromatic N) is 2. The van der Waals surface area contributed by atoms with Crippen LogP contribution in [-0.2, 0) is 6.54 Å². The fraction of sp³-hybridized carbons (Fsp3) is 0.333. The number of hydrogen-bond donors (Lipinski definition) is 2. The van der Waals surface area contributed by atoms with Gasteiger partial charge >= 0.3 is 0 Å². The van der Waals surface area contributed by atoms with Crippen LogP contribution >= 0.6 is 11.3 Å². The standard InChI is InChI=1S/C21H24F2N4O2S/c1-12-9-16(29-8-4-7-27(2)3)26-21-17(12)18(24)19(30-21)20(28)25-11-13-10-14(22)5-6-15(13)23/h5-6,9-10H,4,7-8,11,24H2,1-3H3,(H,25,28). The number of carbonyl (C=O) groups is 1. The zero-order chi connectivity index (χ0) is 21.8. The van der Waals surface area contributed by atoms with Crippen LogP contribution in [0.4, 0.5) is 14.5 Å². The summed E-state index contributed by atoms with van der Waals surface area (Å²) in [6, 6.07) is 4.90. The molecule has 0 spiro atoms. The smallest absolute Gasteiger partial charge is 0.263 e. The lowest BCUT2D eigenvalue weighted by molar-refractivity contribution is 0.0955. The molecule has 0 saturated carbocycles. The number of thiophene rings is 1. The number of halogens is 2. The Kier molecular flexibility index (Phi) is 6.84. The van der Waals surface area contributed by atoms with Gasteiger partial charge in [-0.3, -0.25) is 4.79 Å². The number of nitrogen functional groups attached to an aromatic ring is 1. The fourth-order valence-electron chi connectivity index (χ4n) is 3.02. The quantitative estimate of drug-likeness (QED) is 0.528. The van der Waals surface area contributed by atoms with Gasteiger partial charge in [0.05, 0.1) is 12.3 Å². The topological polar surface area (TPSA) is 80.5 Å². The molecule has 3 aromatic rings. The predicted molar refractivity (Wildman–Crippen MR) is 115 cm³/mol. The van der Waals surface area contributed by atoms with Crippen LogP contribution in [0.5, 0.6) is 5.88 Å². The summed E-state index contributed by atoms with van der Waals surface area (Å²) >= 11 is 1.14. The van der Waals surface area contributed by atoms with Crippen molar-refractivity contribution in [3.63, 3.8) is 0 Å². The Bertz CT molecular complexity index is 1070. The molecule has 3 rings (SSSR count). The maximum atomic E-state index is 13.8. The van der Waals surface area contributed by atoms with Crippen LogP contribution in [0.1, 0.15) is 27.2 Å². The highest BCUT2D eigenvalue weighted by molar-refractivity contribution is 7.21. The lowest BCUT2D eigenvalue weighted by Crippen LogP contribution is -2.23. The largest absolute Gasteiger partial charge is 0.478 e. The third-order valence-corrected chi connectivity index (χ3v) is 5.62. The van der Waals surface area contributed by atoms with Gasteiger partial charge in [-0.2, -0.15) is 0 Å². The third-order valence-electron chi connectivity index (χ3n) is 4.53. The van der Waals surface area contributed by atoms with Crippen molar-refractivity contribution in [2.24, 2.45) is 0 Å². The predicted octanol–water partition coefficient (Wildman–Crippen LogP) is 3.73. The molecule has 1 amide bonds. The first-order valence-corrected chi connectivity index (χ1v) is 10.3. The highest BCUT2D eigenvalue weighted by Crippen LogP contribution is 2.36. The molecule has 0 aliphatic carbocycles. The second-order valence-corrected chi connectivity index (χ2v) is 8.23. The molecule has 0 aliphatic heterocycles. The summed E-state index contributed by atoms with van der Waals surface area (Å²) in [5.74, 6) is -1.14. The number of nitrogens with two attached hydrogens (primary N) is 1. The SMILES string of the molecule is Cc1cc(OCCCN(C)C)nc2sc(C(=O)NCc3cc(F)ccc3F)c(N)c12. The van der Waals surface area contributed by atoms with Crippen molar-refractivity contribution in [2.45, 2.75) is 19.9 Å². The highest BCUT2D eigenvalue weighted by Gasteiger charge is 2.20. The van der Waals surface area contributed by atoms with E-state index >= 15 is 0 Å². The van der Waals surface area contributed by atoms with Gasteiger partial charge in [0.1, 0.15) is 21.3 Å². The van der Waals surface area contributed by atoms with Gasteiger partial charge in [0.15, 0.2) is 0 Å². The van der Waals surface area contributed by atoms with Gasteiger partial charge in [-0.05, 0) is 51.2 Å². The van der Waals surface area contributed by atoms with E-state index in [2.05, 4.69) is 15.2 Å². The van der Waals surface area contributed by atoms with Crippen LogP contribution in [0, 0.1) is 18.6 Å². The van der Waals surface area contributed by atoms with Gasteiger partial charge < -0.3 is 20.7 Å². The van der Waals surface area contributed by atoms with E-state index in [0.29, 0.717) is 28.4 Å². The summed E-state index contributed by atoms with van der Waals surface area (Å²) in [7, 11) is 4.00. The molecule has 30 heavy (non-hydrogen) atoms. The molecule has 160 valence electrons. The minimum absolute atomic E-state index is 0.0609. The van der Waals surface area contributed by atoms with Crippen LogP contribution in [0.3, 0.4) is 0 Å². The molecular weight excluding hydrogens is 410 g/mol. The maximum absolute atomic E-state index is 13.8. The van der Waals surface area contributed by atoms with Gasteiger partial charge in [0, 0.05) is 30.1 Å². The molecule has 0 saturated heterocycles. The van der Waals surface area contributed by atoms with Crippen LogP contribution in [0.2, 0.25) is 0 Å². The van der Waals surface area contributed by atoms with Crippen LogP contribution in [-0.4, -0.2) is 43.0 Å². The van der Waals surface area contributed by atoms with Gasteiger partial charge in [-0.25, -0.2) is 13.8 Å². The van der Waals surface area contributed by atoms with Crippen molar-refractivity contribution in [3.8, 4) is 5.88 Å². The Labute approximate surface area is 177 Å². The van der Waals surface area contributed by atoms with E-state index in [-0.39, 0.29) is 17.0 Å². The Morgan fingerprint density at radius 2 is 2.07 bits per heavy atom. The summed E-state index contributed by atoms with van der Waals surface area (Å²) < 4.78 is 32.8. The first kappa shape index (κ1) is 21.9. The number of ether oxygens (including phenoxy) is 1. The molecule has 0 aliphatic rings. The number of nitrogens with one attached hydrogen (secondary N) is 1. The Morgan fingerprint density at radius 1 is 1.30 bits per heavy atom. The molecule has 0 bridgehead atoms. The normalized spacial score (nSPS) is 11.3. The zero-order valence-corrected chi connectivity index (χ0v) is 17.9. The molecule has 2 heterocycles. The Morgan fingerprint density at radius 3 is 2.80 bits per heavy atom. The maximum Gasteiger partial charge on any atom is 0.263 e. The number of carbonyl (C=O) groups excluding carboxylic acids is 1. The van der Waals surface area contributed by atoms with E-state index in [1.807, 2.05) is 21.0 Å². The molecule has 3 N–H and O–H groups in total. The van der Waals surface area contributed by atoms with Crippen molar-refractivity contribution in [1.29, 1.82) is 0 Å². The van der Waals surface area contributed by atoms with Crippen molar-refractivity contribution < 1.29 is 18.3 Å². The molecule has 0 atom stereocenters. The molecule has 0 radical (unpaired) electrons. The van der Waals surface area contributed by atoms with E-state index in [4.69, 9.17) is 10.5 Å². The van der Waals surface area contributed by atoms with Gasteiger partial charge in [-0.15, -0.1) is 11.3 Å². The summed E-state index contributed by atoms with van der Waals surface area (Å²) in [6.45, 7) is 3.17. The first-order valence-electron chi connectivity index (χ1n) is 9.45. The Balaban J connectivity index is 1.75. The number of pyridine rings is 1.